The number of para-hydroxylation sites is 1. The minimum Gasteiger partial charge on any atom is -0.318 e. The maximum absolute atomic E-state index is 13.7. The summed E-state index contributed by atoms with van der Waals surface area (Å²) in [6, 6.07) is 5.90. The second kappa shape index (κ2) is 6.15. The first-order chi connectivity index (χ1) is 8.45. The summed E-state index contributed by atoms with van der Waals surface area (Å²) in [5.74, 6) is -0.528. The van der Waals surface area contributed by atoms with Crippen LogP contribution in [-0.2, 0) is 10.0 Å². The van der Waals surface area contributed by atoms with Crippen LogP contribution in [0.4, 0.5) is 10.1 Å². The Morgan fingerprint density at radius 2 is 2.00 bits per heavy atom. The average Bonchev–Trinajstić information content (AvgIpc) is 2.32. The molecule has 1 aromatic rings. The molecule has 0 fully saturated rings. The molecule has 0 amide bonds. The Bertz CT molecular complexity index is 491. The maximum atomic E-state index is 13.7. The van der Waals surface area contributed by atoms with Gasteiger partial charge in [0, 0.05) is 13.1 Å². The second-order valence-corrected chi connectivity index (χ2v) is 6.30. The number of sulfonamides is 1. The number of anilines is 1. The van der Waals surface area contributed by atoms with Crippen LogP contribution in [0.2, 0.25) is 0 Å². The van der Waals surface area contributed by atoms with Crippen molar-refractivity contribution >= 4 is 15.7 Å². The fraction of sp³-hybridized carbons (Fsp3) is 0.500. The topological polar surface area (TPSA) is 49.4 Å². The number of nitrogens with one attached hydrogen (secondary N) is 1. The van der Waals surface area contributed by atoms with E-state index in [1.165, 1.54) is 18.2 Å². The maximum Gasteiger partial charge on any atom is 0.239 e. The van der Waals surface area contributed by atoms with E-state index in [2.05, 4.69) is 5.32 Å². The largest absolute Gasteiger partial charge is 0.318 e. The lowest BCUT2D eigenvalue weighted by Gasteiger charge is -2.26. The normalized spacial score (nSPS) is 13.3. The summed E-state index contributed by atoms with van der Waals surface area (Å²) >= 11 is 0. The molecule has 0 saturated carbocycles. The van der Waals surface area contributed by atoms with Crippen LogP contribution < -0.4 is 9.62 Å². The summed E-state index contributed by atoms with van der Waals surface area (Å²) in [5, 5.41) is 2.21. The van der Waals surface area contributed by atoms with Crippen molar-refractivity contribution in [2.24, 2.45) is 0 Å². The van der Waals surface area contributed by atoms with Crippen molar-refractivity contribution in [3.8, 4) is 0 Å². The van der Waals surface area contributed by atoms with Crippen LogP contribution >= 0.6 is 0 Å². The van der Waals surface area contributed by atoms with Crippen LogP contribution in [-0.4, -0.2) is 33.8 Å². The van der Waals surface area contributed by atoms with E-state index in [-0.39, 0.29) is 12.2 Å². The lowest BCUT2D eigenvalue weighted by Crippen LogP contribution is -2.41. The summed E-state index contributed by atoms with van der Waals surface area (Å²) in [5.41, 5.74) is 0.1000. The minimum atomic E-state index is -3.56. The Hall–Kier alpha value is -1.14. The molecule has 1 rings (SSSR count). The third-order valence-electron chi connectivity index (χ3n) is 2.72. The van der Waals surface area contributed by atoms with E-state index in [4.69, 9.17) is 0 Å². The average molecular weight is 274 g/mol. The predicted octanol–water partition coefficient (Wildman–Crippen LogP) is 1.59. The number of halogens is 1. The molecule has 0 saturated heterocycles. The van der Waals surface area contributed by atoms with Crippen molar-refractivity contribution in [2.45, 2.75) is 19.1 Å². The molecule has 6 heteroatoms. The standard InChI is InChI=1S/C12H19FN2O2S/c1-4-15(12-8-6-5-7-11(12)13)18(16,17)10(2)9-14-3/h5-8,10,14H,4,9H2,1-3H3. The molecule has 1 N–H and O–H groups in total. The summed E-state index contributed by atoms with van der Waals surface area (Å²) in [7, 11) is -1.87. The lowest BCUT2D eigenvalue weighted by molar-refractivity contribution is 0.570. The van der Waals surface area contributed by atoms with Gasteiger partial charge in [0.05, 0.1) is 10.9 Å². The molecule has 18 heavy (non-hydrogen) atoms. The van der Waals surface area contributed by atoms with Crippen molar-refractivity contribution in [2.75, 3.05) is 24.4 Å². The fourth-order valence-corrected chi connectivity index (χ4v) is 3.35. The molecule has 0 aliphatic rings. The lowest BCUT2D eigenvalue weighted by atomic mass is 10.3. The van der Waals surface area contributed by atoms with E-state index in [0.29, 0.717) is 6.54 Å². The van der Waals surface area contributed by atoms with Crippen LogP contribution in [0.3, 0.4) is 0 Å². The van der Waals surface area contributed by atoms with E-state index in [9.17, 15) is 12.8 Å². The van der Waals surface area contributed by atoms with Gasteiger partial charge in [-0.25, -0.2) is 12.8 Å². The Kier molecular flexibility index (Phi) is 5.10. The van der Waals surface area contributed by atoms with Crippen molar-refractivity contribution in [3.05, 3.63) is 30.1 Å². The molecule has 1 aromatic carbocycles. The van der Waals surface area contributed by atoms with Gasteiger partial charge < -0.3 is 5.32 Å². The van der Waals surface area contributed by atoms with Crippen molar-refractivity contribution < 1.29 is 12.8 Å². The van der Waals surface area contributed by atoms with Gasteiger partial charge in [0.25, 0.3) is 0 Å². The summed E-state index contributed by atoms with van der Waals surface area (Å²) in [4.78, 5) is 0. The SMILES string of the molecule is CCN(c1ccccc1F)S(=O)(=O)C(C)CNC. The van der Waals surface area contributed by atoms with Gasteiger partial charge in [-0.3, -0.25) is 4.31 Å². The molecule has 0 spiro atoms. The second-order valence-electron chi connectivity index (χ2n) is 4.03. The van der Waals surface area contributed by atoms with E-state index < -0.39 is 21.1 Å². The molecule has 0 aliphatic heterocycles. The fourth-order valence-electron chi connectivity index (χ4n) is 1.75. The molecule has 0 bridgehead atoms. The molecular formula is C12H19FN2O2S. The van der Waals surface area contributed by atoms with Crippen molar-refractivity contribution in [1.82, 2.24) is 5.32 Å². The Labute approximate surface area is 108 Å². The van der Waals surface area contributed by atoms with Gasteiger partial charge in [-0.2, -0.15) is 0 Å². The summed E-state index contributed by atoms with van der Waals surface area (Å²) in [6.45, 7) is 3.83. The van der Waals surface area contributed by atoms with Gasteiger partial charge in [0.1, 0.15) is 5.82 Å². The first-order valence-corrected chi connectivity index (χ1v) is 7.36. The van der Waals surface area contributed by atoms with Crippen LogP contribution in [0, 0.1) is 5.82 Å². The van der Waals surface area contributed by atoms with E-state index in [1.807, 2.05) is 0 Å². The smallest absolute Gasteiger partial charge is 0.239 e. The van der Waals surface area contributed by atoms with Gasteiger partial charge in [-0.15, -0.1) is 0 Å². The Morgan fingerprint density at radius 1 is 1.39 bits per heavy atom. The van der Waals surface area contributed by atoms with Crippen molar-refractivity contribution in [1.29, 1.82) is 0 Å². The van der Waals surface area contributed by atoms with Crippen LogP contribution in [0.15, 0.2) is 24.3 Å². The molecule has 1 atom stereocenters. The molecule has 1 unspecified atom stereocenters. The zero-order valence-electron chi connectivity index (χ0n) is 10.9. The number of hydrogen-bond acceptors (Lipinski definition) is 3. The van der Waals surface area contributed by atoms with E-state index in [0.717, 1.165) is 4.31 Å². The monoisotopic (exact) mass is 274 g/mol. The molecule has 0 aliphatic carbocycles. The summed E-state index contributed by atoms with van der Waals surface area (Å²) < 4.78 is 39.4. The van der Waals surface area contributed by atoms with Crippen molar-refractivity contribution in [3.63, 3.8) is 0 Å². The predicted molar refractivity (Wildman–Crippen MR) is 71.7 cm³/mol. The first-order valence-electron chi connectivity index (χ1n) is 5.85. The van der Waals surface area contributed by atoms with Gasteiger partial charge >= 0.3 is 0 Å². The third kappa shape index (κ3) is 3.00. The number of nitrogens with zero attached hydrogens (tertiary/aromatic N) is 1. The van der Waals surface area contributed by atoms with Gasteiger partial charge in [0.2, 0.25) is 10.0 Å². The van der Waals surface area contributed by atoms with E-state index in [1.54, 1.807) is 27.0 Å². The van der Waals surface area contributed by atoms with Crippen LogP contribution in [0.1, 0.15) is 13.8 Å². The highest BCUT2D eigenvalue weighted by Crippen LogP contribution is 2.23. The first kappa shape index (κ1) is 14.9. The number of benzene rings is 1. The molecule has 102 valence electrons. The summed E-state index contributed by atoms with van der Waals surface area (Å²) in [6.07, 6.45) is 0. The van der Waals surface area contributed by atoms with Gasteiger partial charge in [-0.1, -0.05) is 12.1 Å². The minimum absolute atomic E-state index is 0.1000. The number of hydrogen-bond donors (Lipinski definition) is 1. The molecule has 0 radical (unpaired) electrons. The molecule has 0 heterocycles. The highest BCUT2D eigenvalue weighted by molar-refractivity contribution is 7.93. The quantitative estimate of drug-likeness (QED) is 0.857. The molecule has 0 aromatic heterocycles. The zero-order chi connectivity index (χ0) is 13.8. The number of rotatable bonds is 6. The Balaban J connectivity index is 3.15. The van der Waals surface area contributed by atoms with Crippen LogP contribution in [0.5, 0.6) is 0 Å². The highest BCUT2D eigenvalue weighted by Gasteiger charge is 2.28. The van der Waals surface area contributed by atoms with Crippen LogP contribution in [0.25, 0.3) is 0 Å². The van der Waals surface area contributed by atoms with E-state index >= 15 is 0 Å². The molecular weight excluding hydrogens is 255 g/mol. The Morgan fingerprint density at radius 3 is 2.50 bits per heavy atom. The van der Waals surface area contributed by atoms with Gasteiger partial charge in [0.15, 0.2) is 0 Å². The highest BCUT2D eigenvalue weighted by atomic mass is 32.2. The third-order valence-corrected chi connectivity index (χ3v) is 4.97. The van der Waals surface area contributed by atoms with Gasteiger partial charge in [-0.05, 0) is 33.0 Å². The molecule has 4 nitrogen and oxygen atoms in total. The zero-order valence-corrected chi connectivity index (χ0v) is 11.7.